The summed E-state index contributed by atoms with van der Waals surface area (Å²) in [5, 5.41) is 18.7. The molecule has 0 radical (unpaired) electrons. The molecule has 0 aliphatic rings. The first kappa shape index (κ1) is 11.5. The van der Waals surface area contributed by atoms with E-state index in [0.29, 0.717) is 11.3 Å². The zero-order valence-electron chi connectivity index (χ0n) is 9.29. The highest BCUT2D eigenvalue weighted by Gasteiger charge is 2.10. The normalized spacial score (nSPS) is 9.50. The van der Waals surface area contributed by atoms with Crippen LogP contribution in [-0.2, 0) is 0 Å². The Hall–Kier alpha value is -2.94. The van der Waals surface area contributed by atoms with Crippen LogP contribution in [-0.4, -0.2) is 16.1 Å². The van der Waals surface area contributed by atoms with E-state index in [1.807, 2.05) is 6.07 Å². The van der Waals surface area contributed by atoms with Gasteiger partial charge in [0.25, 0.3) is 5.91 Å². The van der Waals surface area contributed by atoms with Crippen molar-refractivity contribution in [1.82, 2.24) is 10.2 Å². The fourth-order valence-corrected chi connectivity index (χ4v) is 1.34. The number of aromatic nitrogens is 2. The lowest BCUT2D eigenvalue weighted by atomic mass is 10.2. The van der Waals surface area contributed by atoms with Gasteiger partial charge in [0.1, 0.15) is 11.9 Å². The molecule has 0 unspecified atom stereocenters. The van der Waals surface area contributed by atoms with E-state index in [1.165, 1.54) is 12.1 Å². The van der Waals surface area contributed by atoms with Crippen molar-refractivity contribution < 1.29 is 4.79 Å². The largest absolute Gasteiger partial charge is 0.382 e. The Morgan fingerprint density at radius 3 is 2.67 bits per heavy atom. The summed E-state index contributed by atoms with van der Waals surface area (Å²) in [4.78, 5) is 11.8. The molecule has 0 spiro atoms. The number of rotatable bonds is 2. The van der Waals surface area contributed by atoms with E-state index in [-0.39, 0.29) is 11.5 Å². The number of nitrogen functional groups attached to an aromatic ring is 1. The number of nitriles is 1. The van der Waals surface area contributed by atoms with Gasteiger partial charge in [-0.05, 0) is 24.3 Å². The van der Waals surface area contributed by atoms with Crippen molar-refractivity contribution in [2.75, 3.05) is 11.1 Å². The van der Waals surface area contributed by atoms with Crippen molar-refractivity contribution in [2.24, 2.45) is 0 Å². The third-order valence-corrected chi connectivity index (χ3v) is 2.21. The summed E-state index contributed by atoms with van der Waals surface area (Å²) in [6, 6.07) is 11.6. The molecular formula is C12H9N5O. The van der Waals surface area contributed by atoms with Gasteiger partial charge in [-0.1, -0.05) is 12.1 Å². The Bertz CT molecular complexity index is 615. The molecule has 1 aromatic carbocycles. The minimum atomic E-state index is -0.440. The van der Waals surface area contributed by atoms with E-state index in [2.05, 4.69) is 15.5 Å². The van der Waals surface area contributed by atoms with Crippen molar-refractivity contribution in [2.45, 2.75) is 0 Å². The van der Waals surface area contributed by atoms with Gasteiger partial charge in [0.15, 0.2) is 5.69 Å². The van der Waals surface area contributed by atoms with Crippen LogP contribution in [0.1, 0.15) is 16.1 Å². The first-order valence-corrected chi connectivity index (χ1v) is 5.10. The second kappa shape index (κ2) is 4.93. The highest BCUT2D eigenvalue weighted by Crippen LogP contribution is 2.14. The number of nitrogens with two attached hydrogens (primary N) is 1. The molecule has 18 heavy (non-hydrogen) atoms. The van der Waals surface area contributed by atoms with E-state index < -0.39 is 5.91 Å². The Morgan fingerprint density at radius 2 is 2.00 bits per heavy atom. The predicted molar refractivity (Wildman–Crippen MR) is 65.6 cm³/mol. The van der Waals surface area contributed by atoms with Crippen LogP contribution in [0.15, 0.2) is 36.4 Å². The van der Waals surface area contributed by atoms with E-state index in [0.717, 1.165) is 0 Å². The number of anilines is 2. The molecule has 1 heterocycles. The van der Waals surface area contributed by atoms with Crippen LogP contribution in [0.4, 0.5) is 11.5 Å². The molecule has 0 fully saturated rings. The van der Waals surface area contributed by atoms with Crippen LogP contribution >= 0.6 is 0 Å². The van der Waals surface area contributed by atoms with Gasteiger partial charge in [0.05, 0.1) is 11.3 Å². The molecule has 0 aliphatic heterocycles. The maximum Gasteiger partial charge on any atom is 0.276 e. The lowest BCUT2D eigenvalue weighted by molar-refractivity contribution is 0.102. The van der Waals surface area contributed by atoms with Gasteiger partial charge in [-0.3, -0.25) is 4.79 Å². The first-order valence-electron chi connectivity index (χ1n) is 5.10. The maximum atomic E-state index is 11.8. The predicted octanol–water partition coefficient (Wildman–Crippen LogP) is 1.18. The summed E-state index contributed by atoms with van der Waals surface area (Å²) in [7, 11) is 0. The van der Waals surface area contributed by atoms with Crippen LogP contribution in [0.25, 0.3) is 0 Å². The fourth-order valence-electron chi connectivity index (χ4n) is 1.34. The SMILES string of the molecule is N#Cc1ccccc1NC(=O)c1ccc(N)nn1. The number of hydrogen-bond acceptors (Lipinski definition) is 5. The average molecular weight is 239 g/mol. The van der Waals surface area contributed by atoms with E-state index in [9.17, 15) is 4.79 Å². The van der Waals surface area contributed by atoms with Crippen molar-refractivity contribution in [3.63, 3.8) is 0 Å². The quantitative estimate of drug-likeness (QED) is 0.818. The number of nitrogens with zero attached hydrogens (tertiary/aromatic N) is 3. The van der Waals surface area contributed by atoms with Gasteiger partial charge < -0.3 is 11.1 Å². The number of carbonyl (C=O) groups excluding carboxylic acids is 1. The van der Waals surface area contributed by atoms with Crippen LogP contribution in [0.5, 0.6) is 0 Å². The smallest absolute Gasteiger partial charge is 0.276 e. The number of carbonyl (C=O) groups is 1. The Balaban J connectivity index is 2.22. The van der Waals surface area contributed by atoms with Crippen LogP contribution in [0.3, 0.4) is 0 Å². The molecule has 88 valence electrons. The average Bonchev–Trinajstić information content (AvgIpc) is 2.40. The second-order valence-electron chi connectivity index (χ2n) is 3.45. The van der Waals surface area contributed by atoms with Crippen molar-refractivity contribution in [3.05, 3.63) is 47.7 Å². The fraction of sp³-hybridized carbons (Fsp3) is 0. The first-order chi connectivity index (χ1) is 8.70. The van der Waals surface area contributed by atoms with Gasteiger partial charge in [0, 0.05) is 0 Å². The third-order valence-electron chi connectivity index (χ3n) is 2.21. The molecule has 1 amide bonds. The molecule has 6 heteroatoms. The number of para-hydroxylation sites is 1. The maximum absolute atomic E-state index is 11.8. The van der Waals surface area contributed by atoms with Crippen molar-refractivity contribution in [3.8, 4) is 6.07 Å². The number of amides is 1. The zero-order chi connectivity index (χ0) is 13.0. The van der Waals surface area contributed by atoms with Gasteiger partial charge >= 0.3 is 0 Å². The topological polar surface area (TPSA) is 105 Å². The molecule has 0 saturated heterocycles. The molecule has 2 aromatic rings. The lowest BCUT2D eigenvalue weighted by Crippen LogP contribution is -2.15. The van der Waals surface area contributed by atoms with Gasteiger partial charge in [-0.2, -0.15) is 5.26 Å². The molecule has 0 bridgehead atoms. The standard InChI is InChI=1S/C12H9N5O/c13-7-8-3-1-2-4-9(8)15-12(18)10-5-6-11(14)17-16-10/h1-6H,(H2,14,17)(H,15,18). The molecule has 0 saturated carbocycles. The lowest BCUT2D eigenvalue weighted by Gasteiger charge is -2.05. The summed E-state index contributed by atoms with van der Waals surface area (Å²) < 4.78 is 0. The summed E-state index contributed by atoms with van der Waals surface area (Å²) in [5.41, 5.74) is 6.33. The number of nitrogens with one attached hydrogen (secondary N) is 1. The molecule has 3 N–H and O–H groups in total. The monoisotopic (exact) mass is 239 g/mol. The van der Waals surface area contributed by atoms with E-state index >= 15 is 0 Å². The summed E-state index contributed by atoms with van der Waals surface area (Å²) in [6.45, 7) is 0. The van der Waals surface area contributed by atoms with Crippen LogP contribution < -0.4 is 11.1 Å². The van der Waals surface area contributed by atoms with Crippen LogP contribution in [0, 0.1) is 11.3 Å². The van der Waals surface area contributed by atoms with Crippen LogP contribution in [0.2, 0.25) is 0 Å². The molecule has 2 rings (SSSR count). The summed E-state index contributed by atoms with van der Waals surface area (Å²) in [6.07, 6.45) is 0. The molecule has 0 aliphatic carbocycles. The Labute approximate surface area is 103 Å². The summed E-state index contributed by atoms with van der Waals surface area (Å²) in [5.74, 6) is -0.200. The Morgan fingerprint density at radius 1 is 1.22 bits per heavy atom. The highest BCUT2D eigenvalue weighted by atomic mass is 16.1. The van der Waals surface area contributed by atoms with Crippen molar-refractivity contribution >= 4 is 17.4 Å². The summed E-state index contributed by atoms with van der Waals surface area (Å²) >= 11 is 0. The van der Waals surface area contributed by atoms with Gasteiger partial charge in [0.2, 0.25) is 0 Å². The Kier molecular flexibility index (Phi) is 3.16. The minimum Gasteiger partial charge on any atom is -0.382 e. The third kappa shape index (κ3) is 2.41. The zero-order valence-corrected chi connectivity index (χ0v) is 9.29. The highest BCUT2D eigenvalue weighted by molar-refractivity contribution is 6.03. The second-order valence-corrected chi connectivity index (χ2v) is 3.45. The molecule has 0 atom stereocenters. The van der Waals surface area contributed by atoms with Crippen molar-refractivity contribution in [1.29, 1.82) is 5.26 Å². The molecular weight excluding hydrogens is 230 g/mol. The van der Waals surface area contributed by atoms with E-state index in [4.69, 9.17) is 11.0 Å². The van der Waals surface area contributed by atoms with Gasteiger partial charge in [-0.15, -0.1) is 10.2 Å². The molecule has 6 nitrogen and oxygen atoms in total. The molecule has 1 aromatic heterocycles. The minimum absolute atomic E-state index is 0.136. The number of hydrogen-bond donors (Lipinski definition) is 2. The van der Waals surface area contributed by atoms with E-state index in [1.54, 1.807) is 24.3 Å². The number of benzene rings is 1. The van der Waals surface area contributed by atoms with Gasteiger partial charge in [-0.25, -0.2) is 0 Å².